The average molecular weight is 241 g/mol. The van der Waals surface area contributed by atoms with Gasteiger partial charge in [0.15, 0.2) is 0 Å². The molecule has 0 bridgehead atoms. The van der Waals surface area contributed by atoms with Gasteiger partial charge in [-0.3, -0.25) is 0 Å². The fourth-order valence-corrected chi connectivity index (χ4v) is 3.12. The van der Waals surface area contributed by atoms with Crippen molar-refractivity contribution in [2.75, 3.05) is 0 Å². The second kappa shape index (κ2) is 4.16. The Labute approximate surface area is 95.4 Å². The van der Waals surface area contributed by atoms with Crippen molar-refractivity contribution in [3.8, 4) is 0 Å². The van der Waals surface area contributed by atoms with Crippen LogP contribution in [0, 0.1) is 6.92 Å². The van der Waals surface area contributed by atoms with Crippen LogP contribution < -0.4 is 4.72 Å². The Morgan fingerprint density at radius 2 is 2.06 bits per heavy atom. The van der Waals surface area contributed by atoms with Gasteiger partial charge in [-0.15, -0.1) is 0 Å². The number of aliphatic hydroxyl groups is 1. The standard InChI is InChI=1S/C11H15NO3S/c1-8-3-2-4-11(5-8)16(14,15)12-9-6-10(13)7-9/h2-5,9-10,12-13H,6-7H2,1H3. The summed E-state index contributed by atoms with van der Waals surface area (Å²) in [7, 11) is -3.43. The zero-order chi connectivity index (χ0) is 11.8. The van der Waals surface area contributed by atoms with Crippen molar-refractivity contribution in [2.45, 2.75) is 36.8 Å². The van der Waals surface area contributed by atoms with E-state index in [-0.39, 0.29) is 17.0 Å². The molecule has 1 aliphatic carbocycles. The SMILES string of the molecule is Cc1cccc(S(=O)(=O)NC2CC(O)C2)c1. The number of hydrogen-bond acceptors (Lipinski definition) is 3. The van der Waals surface area contributed by atoms with E-state index in [1.165, 1.54) is 0 Å². The molecular formula is C11H15NO3S. The first-order valence-electron chi connectivity index (χ1n) is 5.24. The van der Waals surface area contributed by atoms with E-state index in [9.17, 15) is 8.42 Å². The van der Waals surface area contributed by atoms with Crippen molar-refractivity contribution in [1.29, 1.82) is 0 Å². The summed E-state index contributed by atoms with van der Waals surface area (Å²) >= 11 is 0. The fourth-order valence-electron chi connectivity index (χ4n) is 1.75. The quantitative estimate of drug-likeness (QED) is 0.822. The summed E-state index contributed by atoms with van der Waals surface area (Å²) in [6, 6.07) is 6.66. The first-order chi connectivity index (χ1) is 7.47. The monoisotopic (exact) mass is 241 g/mol. The Balaban J connectivity index is 2.13. The Morgan fingerprint density at radius 1 is 1.38 bits per heavy atom. The lowest BCUT2D eigenvalue weighted by Gasteiger charge is -2.31. The van der Waals surface area contributed by atoms with Crippen molar-refractivity contribution < 1.29 is 13.5 Å². The number of rotatable bonds is 3. The zero-order valence-corrected chi connectivity index (χ0v) is 9.87. The average Bonchev–Trinajstić information content (AvgIpc) is 2.15. The molecule has 2 N–H and O–H groups in total. The van der Waals surface area contributed by atoms with Crippen molar-refractivity contribution in [1.82, 2.24) is 4.72 Å². The topological polar surface area (TPSA) is 66.4 Å². The largest absolute Gasteiger partial charge is 0.393 e. The number of nitrogens with one attached hydrogen (secondary N) is 1. The molecule has 16 heavy (non-hydrogen) atoms. The molecular weight excluding hydrogens is 226 g/mol. The lowest BCUT2D eigenvalue weighted by molar-refractivity contribution is 0.0712. The van der Waals surface area contributed by atoms with Gasteiger partial charge in [-0.2, -0.15) is 0 Å². The second-order valence-electron chi connectivity index (χ2n) is 4.26. The molecule has 1 saturated carbocycles. The van der Waals surface area contributed by atoms with E-state index < -0.39 is 10.0 Å². The minimum atomic E-state index is -3.43. The highest BCUT2D eigenvalue weighted by atomic mass is 32.2. The number of benzene rings is 1. The van der Waals surface area contributed by atoms with Crippen LogP contribution in [-0.2, 0) is 10.0 Å². The maximum atomic E-state index is 11.9. The maximum Gasteiger partial charge on any atom is 0.240 e. The molecule has 0 amide bonds. The lowest BCUT2D eigenvalue weighted by Crippen LogP contribution is -2.46. The highest BCUT2D eigenvalue weighted by Gasteiger charge is 2.31. The van der Waals surface area contributed by atoms with Crippen molar-refractivity contribution in [3.05, 3.63) is 29.8 Å². The van der Waals surface area contributed by atoms with E-state index in [4.69, 9.17) is 5.11 Å². The Kier molecular flexibility index (Phi) is 3.01. The van der Waals surface area contributed by atoms with E-state index in [1.54, 1.807) is 18.2 Å². The summed E-state index contributed by atoms with van der Waals surface area (Å²) in [5.74, 6) is 0. The summed E-state index contributed by atoms with van der Waals surface area (Å²) in [6.45, 7) is 1.85. The predicted molar refractivity (Wildman–Crippen MR) is 60.5 cm³/mol. The van der Waals surface area contributed by atoms with E-state index in [1.807, 2.05) is 13.0 Å². The van der Waals surface area contributed by atoms with Crippen LogP contribution >= 0.6 is 0 Å². The second-order valence-corrected chi connectivity index (χ2v) is 5.97. The number of aryl methyl sites for hydroxylation is 1. The van der Waals surface area contributed by atoms with E-state index in [0.717, 1.165) is 5.56 Å². The summed E-state index contributed by atoms with van der Waals surface area (Å²) in [4.78, 5) is 0.286. The van der Waals surface area contributed by atoms with Gasteiger partial charge in [0.25, 0.3) is 0 Å². The molecule has 1 aromatic carbocycles. The summed E-state index contributed by atoms with van der Waals surface area (Å²) in [5, 5.41) is 9.10. The molecule has 0 radical (unpaired) electrons. The van der Waals surface area contributed by atoms with Gasteiger partial charge in [0, 0.05) is 6.04 Å². The van der Waals surface area contributed by atoms with Crippen LogP contribution in [-0.4, -0.2) is 25.7 Å². The van der Waals surface area contributed by atoms with Crippen LogP contribution in [0.4, 0.5) is 0 Å². The predicted octanol–water partition coefficient (Wildman–Crippen LogP) is 0.797. The zero-order valence-electron chi connectivity index (χ0n) is 9.05. The number of sulfonamides is 1. The minimum Gasteiger partial charge on any atom is -0.393 e. The van der Waals surface area contributed by atoms with Crippen LogP contribution in [0.3, 0.4) is 0 Å². The molecule has 2 rings (SSSR count). The molecule has 0 unspecified atom stereocenters. The third kappa shape index (κ3) is 2.42. The van der Waals surface area contributed by atoms with E-state index >= 15 is 0 Å². The summed E-state index contributed by atoms with van der Waals surface area (Å²) in [5.41, 5.74) is 0.913. The molecule has 1 fully saturated rings. The number of hydrogen-bond donors (Lipinski definition) is 2. The van der Waals surface area contributed by atoms with Gasteiger partial charge < -0.3 is 5.11 Å². The maximum absolute atomic E-state index is 11.9. The Morgan fingerprint density at radius 3 is 2.62 bits per heavy atom. The van der Waals surface area contributed by atoms with Gasteiger partial charge >= 0.3 is 0 Å². The fraction of sp³-hybridized carbons (Fsp3) is 0.455. The highest BCUT2D eigenvalue weighted by Crippen LogP contribution is 2.22. The van der Waals surface area contributed by atoms with Crippen LogP contribution in [0.5, 0.6) is 0 Å². The lowest BCUT2D eigenvalue weighted by atomic mass is 9.91. The smallest absolute Gasteiger partial charge is 0.240 e. The highest BCUT2D eigenvalue weighted by molar-refractivity contribution is 7.89. The number of aliphatic hydroxyl groups excluding tert-OH is 1. The summed E-state index contributed by atoms with van der Waals surface area (Å²) < 4.78 is 26.4. The molecule has 0 aromatic heterocycles. The van der Waals surface area contributed by atoms with Gasteiger partial charge in [-0.1, -0.05) is 12.1 Å². The molecule has 1 aliphatic rings. The molecule has 0 aliphatic heterocycles. The van der Waals surface area contributed by atoms with Gasteiger partial charge in [-0.25, -0.2) is 13.1 Å². The third-order valence-corrected chi connectivity index (χ3v) is 4.25. The summed E-state index contributed by atoms with van der Waals surface area (Å²) in [6.07, 6.45) is 0.654. The van der Waals surface area contributed by atoms with Crippen LogP contribution in [0.2, 0.25) is 0 Å². The van der Waals surface area contributed by atoms with Crippen molar-refractivity contribution in [3.63, 3.8) is 0 Å². The van der Waals surface area contributed by atoms with Crippen molar-refractivity contribution >= 4 is 10.0 Å². The Hall–Kier alpha value is -0.910. The molecule has 4 nitrogen and oxygen atoms in total. The normalized spacial score (nSPS) is 25.1. The molecule has 0 heterocycles. The molecule has 0 atom stereocenters. The first kappa shape index (κ1) is 11.6. The molecule has 88 valence electrons. The van der Waals surface area contributed by atoms with Gasteiger partial charge in [0.2, 0.25) is 10.0 Å². The molecule has 0 saturated heterocycles. The van der Waals surface area contributed by atoms with Crippen LogP contribution in [0.1, 0.15) is 18.4 Å². The molecule has 1 aromatic rings. The molecule has 5 heteroatoms. The molecule has 0 spiro atoms. The van der Waals surface area contributed by atoms with Gasteiger partial charge in [-0.05, 0) is 37.5 Å². The van der Waals surface area contributed by atoms with Crippen LogP contribution in [0.15, 0.2) is 29.2 Å². The first-order valence-corrected chi connectivity index (χ1v) is 6.73. The Bertz CT molecular complexity index is 478. The third-order valence-electron chi connectivity index (χ3n) is 2.73. The van der Waals surface area contributed by atoms with E-state index in [0.29, 0.717) is 12.8 Å². The van der Waals surface area contributed by atoms with E-state index in [2.05, 4.69) is 4.72 Å². The van der Waals surface area contributed by atoms with Crippen molar-refractivity contribution in [2.24, 2.45) is 0 Å². The van der Waals surface area contributed by atoms with Gasteiger partial charge in [0.1, 0.15) is 0 Å². The minimum absolute atomic E-state index is 0.125. The van der Waals surface area contributed by atoms with Gasteiger partial charge in [0.05, 0.1) is 11.0 Å². The van der Waals surface area contributed by atoms with Crippen LogP contribution in [0.25, 0.3) is 0 Å².